The molecule has 12 heavy (non-hydrogen) atoms. The van der Waals surface area contributed by atoms with Crippen molar-refractivity contribution in [3.05, 3.63) is 0 Å². The van der Waals surface area contributed by atoms with Crippen molar-refractivity contribution in [2.45, 2.75) is 44.9 Å². The van der Waals surface area contributed by atoms with Crippen molar-refractivity contribution in [2.75, 3.05) is 0 Å². The van der Waals surface area contributed by atoms with Crippen LogP contribution in [0.5, 0.6) is 0 Å². The summed E-state index contributed by atoms with van der Waals surface area (Å²) in [4.78, 5) is 11.1. The molecule has 0 atom stereocenters. The molecular formula is C10H16O2. The highest BCUT2D eigenvalue weighted by molar-refractivity contribution is 5.75. The minimum absolute atomic E-state index is 0.304. The molecule has 0 spiro atoms. The molecule has 0 bridgehead atoms. The Kier molecular flexibility index (Phi) is 1.85. The van der Waals surface area contributed by atoms with Crippen molar-refractivity contribution in [3.8, 4) is 0 Å². The molecule has 68 valence electrons. The first-order chi connectivity index (χ1) is 5.73. The van der Waals surface area contributed by atoms with Crippen molar-refractivity contribution in [3.63, 3.8) is 0 Å². The highest BCUT2D eigenvalue weighted by Crippen LogP contribution is 2.48. The monoisotopic (exact) mass is 168 g/mol. The Bertz CT molecular complexity index is 188. The summed E-state index contributed by atoms with van der Waals surface area (Å²) < 4.78 is 0. The van der Waals surface area contributed by atoms with Crippen molar-refractivity contribution in [2.24, 2.45) is 11.3 Å². The maximum absolute atomic E-state index is 11.1. The third-order valence-corrected chi connectivity index (χ3v) is 3.39. The van der Waals surface area contributed by atoms with Gasteiger partial charge in [-0.3, -0.25) is 4.79 Å². The number of rotatable bonds is 3. The van der Waals surface area contributed by atoms with Gasteiger partial charge in [-0.1, -0.05) is 25.7 Å². The predicted molar refractivity (Wildman–Crippen MR) is 45.9 cm³/mol. The van der Waals surface area contributed by atoms with E-state index in [0.717, 1.165) is 38.0 Å². The van der Waals surface area contributed by atoms with Crippen LogP contribution in [0.4, 0.5) is 0 Å². The maximum atomic E-state index is 11.1. The standard InChI is InChI=1S/C10H16O2/c11-9(12)10(5-1-2-6-10)7-8-3-4-8/h8H,1-7H2,(H,11,12). The van der Waals surface area contributed by atoms with Crippen LogP contribution in [-0.4, -0.2) is 11.1 Å². The van der Waals surface area contributed by atoms with Crippen LogP contribution in [0.3, 0.4) is 0 Å². The Balaban J connectivity index is 2.03. The number of hydrogen-bond acceptors (Lipinski definition) is 1. The van der Waals surface area contributed by atoms with Crippen molar-refractivity contribution in [1.82, 2.24) is 0 Å². The Hall–Kier alpha value is -0.530. The highest BCUT2D eigenvalue weighted by atomic mass is 16.4. The molecule has 0 unspecified atom stereocenters. The van der Waals surface area contributed by atoms with Crippen LogP contribution in [0.1, 0.15) is 44.9 Å². The number of hydrogen-bond donors (Lipinski definition) is 1. The largest absolute Gasteiger partial charge is 0.481 e. The van der Waals surface area contributed by atoms with Crippen LogP contribution in [0, 0.1) is 11.3 Å². The summed E-state index contributed by atoms with van der Waals surface area (Å²) in [6.07, 6.45) is 7.61. The average molecular weight is 168 g/mol. The van der Waals surface area contributed by atoms with E-state index in [1.165, 1.54) is 12.8 Å². The fourth-order valence-electron chi connectivity index (χ4n) is 2.43. The topological polar surface area (TPSA) is 37.3 Å². The third-order valence-electron chi connectivity index (χ3n) is 3.39. The van der Waals surface area contributed by atoms with Crippen LogP contribution in [0.2, 0.25) is 0 Å². The van der Waals surface area contributed by atoms with Gasteiger partial charge in [-0.05, 0) is 25.2 Å². The van der Waals surface area contributed by atoms with Gasteiger partial charge >= 0.3 is 5.97 Å². The lowest BCUT2D eigenvalue weighted by atomic mass is 9.81. The molecule has 2 saturated carbocycles. The predicted octanol–water partition coefficient (Wildman–Crippen LogP) is 2.43. The molecule has 0 aromatic carbocycles. The van der Waals surface area contributed by atoms with Gasteiger partial charge in [0.15, 0.2) is 0 Å². The molecule has 0 amide bonds. The summed E-state index contributed by atoms with van der Waals surface area (Å²) in [5.41, 5.74) is -0.304. The molecular weight excluding hydrogens is 152 g/mol. The van der Waals surface area contributed by atoms with E-state index in [2.05, 4.69) is 0 Å². The lowest BCUT2D eigenvalue weighted by molar-refractivity contribution is -0.149. The van der Waals surface area contributed by atoms with Crippen LogP contribution >= 0.6 is 0 Å². The summed E-state index contributed by atoms with van der Waals surface area (Å²) >= 11 is 0. The second kappa shape index (κ2) is 2.75. The number of carbonyl (C=O) groups is 1. The lowest BCUT2D eigenvalue weighted by Crippen LogP contribution is -2.28. The van der Waals surface area contributed by atoms with Gasteiger partial charge in [-0.15, -0.1) is 0 Å². The molecule has 0 aromatic rings. The second-order valence-electron chi connectivity index (χ2n) is 4.44. The van der Waals surface area contributed by atoms with Gasteiger partial charge in [0, 0.05) is 0 Å². The van der Waals surface area contributed by atoms with Gasteiger partial charge in [-0.2, -0.15) is 0 Å². The lowest BCUT2D eigenvalue weighted by Gasteiger charge is -2.23. The Labute approximate surface area is 73.0 Å². The van der Waals surface area contributed by atoms with Gasteiger partial charge in [0.25, 0.3) is 0 Å². The molecule has 2 fully saturated rings. The SMILES string of the molecule is O=C(O)C1(CC2CC2)CCCC1. The Morgan fingerprint density at radius 3 is 2.33 bits per heavy atom. The van der Waals surface area contributed by atoms with Gasteiger partial charge in [-0.25, -0.2) is 0 Å². The molecule has 1 N–H and O–H groups in total. The van der Waals surface area contributed by atoms with Crippen molar-refractivity contribution >= 4 is 5.97 Å². The fourth-order valence-corrected chi connectivity index (χ4v) is 2.43. The number of carboxylic acids is 1. The highest BCUT2D eigenvalue weighted by Gasteiger charge is 2.44. The van der Waals surface area contributed by atoms with Crippen LogP contribution in [-0.2, 0) is 4.79 Å². The minimum Gasteiger partial charge on any atom is -0.481 e. The van der Waals surface area contributed by atoms with E-state index in [4.69, 9.17) is 5.11 Å². The van der Waals surface area contributed by atoms with E-state index in [9.17, 15) is 4.79 Å². The zero-order chi connectivity index (χ0) is 8.60. The summed E-state index contributed by atoms with van der Waals surface area (Å²) in [5, 5.41) is 9.14. The van der Waals surface area contributed by atoms with E-state index < -0.39 is 5.97 Å². The normalized spacial score (nSPS) is 27.3. The first kappa shape index (κ1) is 8.09. The molecule has 0 aromatic heterocycles. The van der Waals surface area contributed by atoms with E-state index in [1.807, 2.05) is 0 Å². The maximum Gasteiger partial charge on any atom is 0.309 e. The molecule has 2 heteroatoms. The van der Waals surface area contributed by atoms with Gasteiger partial charge < -0.3 is 5.11 Å². The fraction of sp³-hybridized carbons (Fsp3) is 0.900. The molecule has 2 rings (SSSR count). The molecule has 0 radical (unpaired) electrons. The van der Waals surface area contributed by atoms with E-state index in [-0.39, 0.29) is 5.41 Å². The number of carboxylic acid groups (broad SMARTS) is 1. The summed E-state index contributed by atoms with van der Waals surface area (Å²) in [6.45, 7) is 0. The van der Waals surface area contributed by atoms with Crippen molar-refractivity contribution in [1.29, 1.82) is 0 Å². The molecule has 0 aliphatic heterocycles. The summed E-state index contributed by atoms with van der Waals surface area (Å²) in [6, 6.07) is 0. The first-order valence-corrected chi connectivity index (χ1v) is 4.96. The van der Waals surface area contributed by atoms with E-state index in [1.54, 1.807) is 0 Å². The summed E-state index contributed by atoms with van der Waals surface area (Å²) in [5.74, 6) is 0.214. The Morgan fingerprint density at radius 2 is 1.92 bits per heavy atom. The number of aliphatic carboxylic acids is 1. The minimum atomic E-state index is -0.535. The quantitative estimate of drug-likeness (QED) is 0.702. The summed E-state index contributed by atoms with van der Waals surface area (Å²) in [7, 11) is 0. The second-order valence-corrected chi connectivity index (χ2v) is 4.44. The van der Waals surface area contributed by atoms with Gasteiger partial charge in [0.1, 0.15) is 0 Å². The molecule has 2 nitrogen and oxygen atoms in total. The Morgan fingerprint density at radius 1 is 1.33 bits per heavy atom. The molecule has 0 saturated heterocycles. The zero-order valence-electron chi connectivity index (χ0n) is 7.38. The van der Waals surface area contributed by atoms with Crippen LogP contribution in [0.15, 0.2) is 0 Å². The van der Waals surface area contributed by atoms with Crippen LogP contribution in [0.25, 0.3) is 0 Å². The third kappa shape index (κ3) is 1.35. The van der Waals surface area contributed by atoms with E-state index >= 15 is 0 Å². The zero-order valence-corrected chi connectivity index (χ0v) is 7.38. The van der Waals surface area contributed by atoms with Crippen molar-refractivity contribution < 1.29 is 9.90 Å². The van der Waals surface area contributed by atoms with Crippen LogP contribution < -0.4 is 0 Å². The average Bonchev–Trinajstić information content (AvgIpc) is 2.66. The van der Waals surface area contributed by atoms with Gasteiger partial charge in [0.2, 0.25) is 0 Å². The van der Waals surface area contributed by atoms with Gasteiger partial charge in [0.05, 0.1) is 5.41 Å². The molecule has 2 aliphatic rings. The molecule has 0 heterocycles. The van der Waals surface area contributed by atoms with E-state index in [0.29, 0.717) is 0 Å². The molecule has 2 aliphatic carbocycles. The first-order valence-electron chi connectivity index (χ1n) is 4.96. The smallest absolute Gasteiger partial charge is 0.309 e.